The van der Waals surface area contributed by atoms with Crippen LogP contribution in [0.2, 0.25) is 0 Å². The van der Waals surface area contributed by atoms with Gasteiger partial charge in [0.25, 0.3) is 0 Å². The van der Waals surface area contributed by atoms with Crippen molar-refractivity contribution in [2.45, 2.75) is 0 Å². The van der Waals surface area contributed by atoms with Gasteiger partial charge in [-0.05, 0) is 12.1 Å². The molecule has 1 N–H and O–H groups in total. The van der Waals surface area contributed by atoms with Crippen molar-refractivity contribution < 1.29 is 262 Å². The summed E-state index contributed by atoms with van der Waals surface area (Å²) in [5, 5.41) is 14.4. The Bertz CT molecular complexity index is 1050. The molecule has 31 heavy (non-hydrogen) atoms. The third-order valence-corrected chi connectivity index (χ3v) is 3.62. The fourth-order valence-corrected chi connectivity index (χ4v) is 2.57. The quantitative estimate of drug-likeness (QED) is 0.253. The molecule has 6 nitrogen and oxygen atoms in total. The van der Waals surface area contributed by atoms with Gasteiger partial charge in [-0.2, -0.15) is 28.6 Å². The molecule has 0 aliphatic heterocycles. The second-order valence-corrected chi connectivity index (χ2v) is 4.97. The van der Waals surface area contributed by atoms with Crippen molar-refractivity contribution in [2.75, 3.05) is 0 Å². The second-order valence-electron chi connectivity index (χ2n) is 4.97. The molecule has 134 valence electrons. The summed E-state index contributed by atoms with van der Waals surface area (Å²) in [7, 11) is 0. The standard InChI is InChI=1S/C17H11N6.8Y/c18-7-5-15(12-3-1-2-4-12)23-10-13(9-22-23)16-14-6-8-19-17(14)21-11-20-16;;;;;;;;/h1-6,8-11H,(H,19,20,21);;;;;;;;/q-1;;;;;;;;/b15-5+;;;;;;;;. The number of rotatable bonds is 3. The number of aromatic amines is 1. The Morgan fingerprint density at radius 2 is 1.74 bits per heavy atom. The molecule has 0 fully saturated rings. The van der Waals surface area contributed by atoms with Crippen LogP contribution < -0.4 is 0 Å². The Morgan fingerprint density at radius 3 is 2.35 bits per heavy atom. The topological polar surface area (TPSA) is 83.2 Å². The molecule has 4 rings (SSSR count). The minimum Gasteiger partial charge on any atom is -0.346 e. The summed E-state index contributed by atoms with van der Waals surface area (Å²) in [4.78, 5) is 11.6. The van der Waals surface area contributed by atoms with Crippen LogP contribution in [0.25, 0.3) is 28.0 Å². The Kier molecular flexibility index (Phi) is 36.1. The van der Waals surface area contributed by atoms with Crippen LogP contribution in [-0.2, 0) is 262 Å². The molecular formula is C17H11N6Y8-. The van der Waals surface area contributed by atoms with E-state index < -0.39 is 0 Å². The van der Waals surface area contributed by atoms with Crippen LogP contribution in [0.1, 0.15) is 5.56 Å². The van der Waals surface area contributed by atoms with Crippen LogP contribution in [0.5, 0.6) is 0 Å². The monoisotopic (exact) mass is 1010 g/mol. The molecule has 3 heterocycles. The largest absolute Gasteiger partial charge is 0.346 e. The number of nitriles is 1. The van der Waals surface area contributed by atoms with Gasteiger partial charge in [0.15, 0.2) is 0 Å². The first-order chi connectivity index (χ1) is 11.4. The summed E-state index contributed by atoms with van der Waals surface area (Å²) in [6.07, 6.45) is 8.44. The number of hydrogen-bond acceptors (Lipinski definition) is 4. The fraction of sp³-hybridized carbons (Fsp3) is 0. The first-order valence-electron chi connectivity index (χ1n) is 7.02. The molecule has 0 saturated carbocycles. The average molecular weight is 1010 g/mol. The van der Waals surface area contributed by atoms with Crippen LogP contribution in [0.3, 0.4) is 0 Å². The average Bonchev–Trinajstić information content (AvgIpc) is 3.32. The fourth-order valence-electron chi connectivity index (χ4n) is 2.57. The van der Waals surface area contributed by atoms with Gasteiger partial charge in [0.1, 0.15) is 12.0 Å². The van der Waals surface area contributed by atoms with E-state index in [1.807, 2.05) is 42.7 Å². The SMILES string of the molecule is N#C/C=C(\c1ccc[cH-]1)n1cc(-c2ncnc3[nH]ccc23)cn1.[Y].[Y].[Y].[Y].[Y].[Y].[Y].[Y]. The zero-order chi connectivity index (χ0) is 15.6. The van der Waals surface area contributed by atoms with Crippen LogP contribution in [0.15, 0.2) is 61.3 Å². The first-order valence-corrected chi connectivity index (χ1v) is 7.02. The molecule has 0 atom stereocenters. The van der Waals surface area contributed by atoms with Crippen LogP contribution >= 0.6 is 0 Å². The van der Waals surface area contributed by atoms with Crippen molar-refractivity contribution in [1.29, 1.82) is 5.26 Å². The van der Waals surface area contributed by atoms with Gasteiger partial charge in [0.2, 0.25) is 0 Å². The van der Waals surface area contributed by atoms with Gasteiger partial charge in [-0.15, -0.1) is 11.6 Å². The number of hydrogen-bond donors (Lipinski definition) is 1. The van der Waals surface area contributed by atoms with E-state index in [9.17, 15) is 0 Å². The molecule has 14 heteroatoms. The molecule has 0 aliphatic rings. The Morgan fingerprint density at radius 1 is 1.03 bits per heavy atom. The third kappa shape index (κ3) is 12.3. The number of allylic oxidation sites excluding steroid dienone is 1. The summed E-state index contributed by atoms with van der Waals surface area (Å²) in [5.41, 5.74) is 4.12. The number of nitrogens with one attached hydrogen (secondary N) is 1. The molecule has 0 unspecified atom stereocenters. The minimum atomic E-state index is 0. The molecule has 1 aromatic carbocycles. The van der Waals surface area contributed by atoms with Gasteiger partial charge in [0.05, 0.1) is 18.0 Å². The van der Waals surface area contributed by atoms with E-state index in [1.54, 1.807) is 10.9 Å². The van der Waals surface area contributed by atoms with Crippen molar-refractivity contribution in [3.63, 3.8) is 0 Å². The Hall–Kier alpha value is 5.24. The molecule has 0 bridgehead atoms. The molecule has 0 saturated heterocycles. The van der Waals surface area contributed by atoms with E-state index in [0.717, 1.165) is 33.6 Å². The van der Waals surface area contributed by atoms with E-state index in [1.165, 1.54) is 12.4 Å². The van der Waals surface area contributed by atoms with Gasteiger partial charge in [-0.3, -0.25) is 4.68 Å². The molecular weight excluding hydrogens is 999 g/mol. The Balaban J connectivity index is -0.000000282. The maximum Gasteiger partial charge on any atom is 0.141 e. The van der Waals surface area contributed by atoms with Gasteiger partial charge < -0.3 is 4.98 Å². The Labute approximate surface area is 382 Å². The van der Waals surface area contributed by atoms with Crippen LogP contribution in [0.4, 0.5) is 0 Å². The van der Waals surface area contributed by atoms with E-state index in [0.29, 0.717) is 0 Å². The summed E-state index contributed by atoms with van der Waals surface area (Å²) in [6, 6.07) is 11.8. The van der Waals surface area contributed by atoms with E-state index in [4.69, 9.17) is 5.26 Å². The van der Waals surface area contributed by atoms with Crippen molar-refractivity contribution in [2.24, 2.45) is 0 Å². The summed E-state index contributed by atoms with van der Waals surface area (Å²) >= 11 is 0. The summed E-state index contributed by atoms with van der Waals surface area (Å²) < 4.78 is 1.69. The number of H-pyrrole nitrogens is 1. The number of nitrogens with zero attached hydrogens (tertiary/aromatic N) is 5. The van der Waals surface area contributed by atoms with Gasteiger partial charge in [-0.1, -0.05) is 0 Å². The van der Waals surface area contributed by atoms with Gasteiger partial charge in [-0.25, -0.2) is 9.97 Å². The van der Waals surface area contributed by atoms with E-state index in [2.05, 4.69) is 26.1 Å². The third-order valence-electron chi connectivity index (χ3n) is 3.62. The number of aromatic nitrogens is 5. The predicted octanol–water partition coefficient (Wildman–Crippen LogP) is 2.93. The maximum atomic E-state index is 9.04. The summed E-state index contributed by atoms with van der Waals surface area (Å²) in [6.45, 7) is 0. The minimum absolute atomic E-state index is 0. The van der Waals surface area contributed by atoms with Crippen molar-refractivity contribution in [3.05, 3.63) is 66.9 Å². The molecule has 0 spiro atoms. The van der Waals surface area contributed by atoms with Gasteiger partial charge in [0, 0.05) is 291 Å². The normalized spacial score (nSPS) is 8.68. The zero-order valence-corrected chi connectivity index (χ0v) is 39.3. The van der Waals surface area contributed by atoms with Gasteiger partial charge >= 0.3 is 0 Å². The van der Waals surface area contributed by atoms with Crippen LogP contribution in [-0.4, -0.2) is 24.7 Å². The summed E-state index contributed by atoms with van der Waals surface area (Å²) in [5.74, 6) is 0. The maximum absolute atomic E-state index is 9.04. The predicted molar refractivity (Wildman–Crippen MR) is 86.1 cm³/mol. The molecule has 0 amide bonds. The van der Waals surface area contributed by atoms with E-state index in [-0.39, 0.29) is 262 Å². The molecule has 3 aromatic heterocycles. The van der Waals surface area contributed by atoms with Crippen LogP contribution in [0, 0.1) is 11.3 Å². The van der Waals surface area contributed by atoms with Crippen molar-refractivity contribution in [3.8, 4) is 17.3 Å². The van der Waals surface area contributed by atoms with Crippen molar-refractivity contribution >= 4 is 16.7 Å². The second kappa shape index (κ2) is 24.3. The molecule has 4 aromatic rings. The van der Waals surface area contributed by atoms with E-state index >= 15 is 0 Å². The molecule has 0 aliphatic carbocycles. The first kappa shape index (κ1) is 46.1. The molecule has 8 radical (unpaired) electrons. The zero-order valence-electron chi connectivity index (χ0n) is 16.6. The van der Waals surface area contributed by atoms with Crippen molar-refractivity contribution in [1.82, 2.24) is 24.7 Å². The smallest absolute Gasteiger partial charge is 0.141 e. The number of fused-ring (bicyclic) bond motifs is 1.